The molecule has 0 saturated carbocycles. The predicted molar refractivity (Wildman–Crippen MR) is 131 cm³/mol. The molecule has 1 unspecified atom stereocenters. The zero-order valence-corrected chi connectivity index (χ0v) is 20.3. The predicted octanol–water partition coefficient (Wildman–Crippen LogP) is 0.489. The van der Waals surface area contributed by atoms with Crippen molar-refractivity contribution in [2.45, 2.75) is 6.04 Å². The van der Waals surface area contributed by atoms with E-state index in [1.807, 2.05) is 24.3 Å². The van der Waals surface area contributed by atoms with E-state index in [0.29, 0.717) is 12.2 Å². The first-order valence-electron chi connectivity index (χ1n) is 11.5. The van der Waals surface area contributed by atoms with Crippen LogP contribution in [0.15, 0.2) is 48.5 Å². The van der Waals surface area contributed by atoms with Gasteiger partial charge in [0, 0.05) is 50.4 Å². The highest BCUT2D eigenvalue weighted by Gasteiger charge is 2.33. The number of carbonyl (C=O) groups excluding carboxylic acids is 3. The Kier molecular flexibility index (Phi) is 9.82. The summed E-state index contributed by atoms with van der Waals surface area (Å²) in [6, 6.07) is 12.5. The summed E-state index contributed by atoms with van der Waals surface area (Å²) in [5.41, 5.74) is 3.18. The second-order valence-electron chi connectivity index (χ2n) is 8.06. The molecule has 1 heterocycles. The Bertz CT molecular complexity index is 1090. The van der Waals surface area contributed by atoms with Crippen molar-refractivity contribution in [2.24, 2.45) is 0 Å². The third kappa shape index (κ3) is 7.29. The SMILES string of the molecule is CNC(=O)C(C(=O)NO)N(C)C(=O)c1ccc(C#Cc2ccc(OCCN3CCOCC3)cc2)cc1. The van der Waals surface area contributed by atoms with Gasteiger partial charge in [0.25, 0.3) is 17.7 Å². The van der Waals surface area contributed by atoms with E-state index in [9.17, 15) is 14.4 Å². The molecule has 3 rings (SSSR count). The Morgan fingerprint density at radius 3 is 2.17 bits per heavy atom. The number of likely N-dealkylation sites (N-methyl/N-ethyl adjacent to an activating group) is 2. The van der Waals surface area contributed by atoms with Gasteiger partial charge >= 0.3 is 0 Å². The third-order valence-corrected chi connectivity index (χ3v) is 5.68. The number of carbonyl (C=O) groups is 3. The zero-order chi connectivity index (χ0) is 25.9. The number of nitrogens with zero attached hydrogens (tertiary/aromatic N) is 2. The van der Waals surface area contributed by atoms with E-state index in [2.05, 4.69) is 22.1 Å². The number of morpholine rings is 1. The van der Waals surface area contributed by atoms with Gasteiger partial charge in [-0.2, -0.15) is 0 Å². The minimum Gasteiger partial charge on any atom is -0.492 e. The molecule has 0 spiro atoms. The molecule has 0 radical (unpaired) electrons. The Morgan fingerprint density at radius 1 is 1.03 bits per heavy atom. The highest BCUT2D eigenvalue weighted by atomic mass is 16.5. The maximum atomic E-state index is 12.7. The summed E-state index contributed by atoms with van der Waals surface area (Å²) in [5, 5.41) is 11.2. The van der Waals surface area contributed by atoms with Gasteiger partial charge in [-0.3, -0.25) is 24.5 Å². The van der Waals surface area contributed by atoms with Crippen LogP contribution in [0.25, 0.3) is 0 Å². The number of nitrogens with one attached hydrogen (secondary N) is 2. The number of hydrogen-bond acceptors (Lipinski definition) is 7. The van der Waals surface area contributed by atoms with Crippen molar-refractivity contribution in [3.05, 3.63) is 65.2 Å². The summed E-state index contributed by atoms with van der Waals surface area (Å²) < 4.78 is 11.2. The van der Waals surface area contributed by atoms with Crippen LogP contribution in [-0.2, 0) is 14.3 Å². The Hall–Kier alpha value is -3.91. The van der Waals surface area contributed by atoms with Crippen molar-refractivity contribution < 1.29 is 29.1 Å². The molecular weight excluding hydrogens is 464 g/mol. The highest BCUT2D eigenvalue weighted by molar-refractivity contribution is 6.08. The molecule has 2 aromatic carbocycles. The van der Waals surface area contributed by atoms with Crippen LogP contribution in [0.1, 0.15) is 21.5 Å². The average molecular weight is 495 g/mol. The van der Waals surface area contributed by atoms with Gasteiger partial charge in [-0.25, -0.2) is 5.48 Å². The first-order valence-corrected chi connectivity index (χ1v) is 11.5. The average Bonchev–Trinajstić information content (AvgIpc) is 2.92. The molecule has 0 aromatic heterocycles. The van der Waals surface area contributed by atoms with E-state index in [1.165, 1.54) is 19.6 Å². The number of benzene rings is 2. The summed E-state index contributed by atoms with van der Waals surface area (Å²) in [7, 11) is 2.64. The Morgan fingerprint density at radius 2 is 1.61 bits per heavy atom. The molecule has 1 fully saturated rings. The van der Waals surface area contributed by atoms with E-state index in [1.54, 1.807) is 24.3 Å². The molecule has 10 heteroatoms. The van der Waals surface area contributed by atoms with Gasteiger partial charge in [0.15, 0.2) is 6.04 Å². The van der Waals surface area contributed by atoms with Crippen LogP contribution in [0, 0.1) is 11.8 Å². The fourth-order valence-electron chi connectivity index (χ4n) is 3.58. The van der Waals surface area contributed by atoms with Crippen molar-refractivity contribution in [3.8, 4) is 17.6 Å². The topological polar surface area (TPSA) is 120 Å². The van der Waals surface area contributed by atoms with Crippen molar-refractivity contribution in [1.29, 1.82) is 0 Å². The standard InChI is InChI=1S/C26H30N4O6/c1-27-24(31)23(25(32)28-34)29(2)26(33)21-9-5-19(6-10-21)3-4-20-7-11-22(12-8-20)36-18-15-30-13-16-35-17-14-30/h5-12,23,34H,13-18H2,1-2H3,(H,27,31)(H,28,32). The molecule has 190 valence electrons. The second-order valence-corrected chi connectivity index (χ2v) is 8.06. The zero-order valence-electron chi connectivity index (χ0n) is 20.3. The normalized spacial score (nSPS) is 14.1. The minimum atomic E-state index is -1.52. The Labute approximate surface area is 210 Å². The smallest absolute Gasteiger partial charge is 0.275 e. The molecule has 36 heavy (non-hydrogen) atoms. The molecule has 3 N–H and O–H groups in total. The molecule has 0 bridgehead atoms. The maximum absolute atomic E-state index is 12.7. The van der Waals surface area contributed by atoms with Crippen LogP contribution >= 0.6 is 0 Å². The van der Waals surface area contributed by atoms with Crippen LogP contribution in [-0.4, -0.2) is 92.3 Å². The van der Waals surface area contributed by atoms with E-state index >= 15 is 0 Å². The number of amides is 3. The number of hydrogen-bond donors (Lipinski definition) is 3. The highest BCUT2D eigenvalue weighted by Crippen LogP contribution is 2.13. The van der Waals surface area contributed by atoms with E-state index in [4.69, 9.17) is 14.7 Å². The molecule has 0 aliphatic carbocycles. The number of ether oxygens (including phenoxy) is 2. The summed E-state index contributed by atoms with van der Waals surface area (Å²) in [6.45, 7) is 4.87. The quantitative estimate of drug-likeness (QED) is 0.211. The van der Waals surface area contributed by atoms with Crippen molar-refractivity contribution in [2.75, 3.05) is 53.6 Å². The lowest BCUT2D eigenvalue weighted by molar-refractivity contribution is -0.140. The molecule has 10 nitrogen and oxygen atoms in total. The molecule has 1 saturated heterocycles. The lowest BCUT2D eigenvalue weighted by atomic mass is 10.1. The van der Waals surface area contributed by atoms with E-state index in [0.717, 1.165) is 49.1 Å². The van der Waals surface area contributed by atoms with Crippen molar-refractivity contribution in [3.63, 3.8) is 0 Å². The maximum Gasteiger partial charge on any atom is 0.275 e. The Balaban J connectivity index is 1.56. The monoisotopic (exact) mass is 494 g/mol. The molecule has 2 aromatic rings. The summed E-state index contributed by atoms with van der Waals surface area (Å²) in [4.78, 5) is 39.9. The summed E-state index contributed by atoms with van der Waals surface area (Å²) in [5.74, 6) is 4.60. The fourth-order valence-corrected chi connectivity index (χ4v) is 3.58. The van der Waals surface area contributed by atoms with Gasteiger partial charge in [0.05, 0.1) is 13.2 Å². The van der Waals surface area contributed by atoms with Crippen LogP contribution < -0.4 is 15.5 Å². The largest absolute Gasteiger partial charge is 0.492 e. The van der Waals surface area contributed by atoms with Crippen LogP contribution in [0.5, 0.6) is 5.75 Å². The van der Waals surface area contributed by atoms with Crippen LogP contribution in [0.3, 0.4) is 0 Å². The number of hydroxylamine groups is 1. The molecule has 1 aliphatic heterocycles. The van der Waals surface area contributed by atoms with Crippen molar-refractivity contribution in [1.82, 2.24) is 20.6 Å². The minimum absolute atomic E-state index is 0.265. The van der Waals surface area contributed by atoms with Crippen LogP contribution in [0.2, 0.25) is 0 Å². The molecule has 1 atom stereocenters. The first-order chi connectivity index (χ1) is 17.4. The van der Waals surface area contributed by atoms with Gasteiger partial charge in [-0.05, 0) is 48.5 Å². The lowest BCUT2D eigenvalue weighted by Gasteiger charge is -2.26. The molecule has 3 amide bonds. The second kappa shape index (κ2) is 13.3. The number of rotatable bonds is 8. The third-order valence-electron chi connectivity index (χ3n) is 5.68. The summed E-state index contributed by atoms with van der Waals surface area (Å²) >= 11 is 0. The molecular formula is C26H30N4O6. The first kappa shape index (κ1) is 26.7. The van der Waals surface area contributed by atoms with Gasteiger partial charge in [-0.1, -0.05) is 11.8 Å². The van der Waals surface area contributed by atoms with Crippen LogP contribution in [0.4, 0.5) is 0 Å². The van der Waals surface area contributed by atoms with Gasteiger partial charge < -0.3 is 19.7 Å². The summed E-state index contributed by atoms with van der Waals surface area (Å²) in [6.07, 6.45) is 0. The van der Waals surface area contributed by atoms with Gasteiger partial charge in [0.1, 0.15) is 12.4 Å². The lowest BCUT2D eigenvalue weighted by Crippen LogP contribution is -2.54. The van der Waals surface area contributed by atoms with Gasteiger partial charge in [0.2, 0.25) is 0 Å². The van der Waals surface area contributed by atoms with Gasteiger partial charge in [-0.15, -0.1) is 0 Å². The fraction of sp³-hybridized carbons (Fsp3) is 0.346. The van der Waals surface area contributed by atoms with E-state index in [-0.39, 0.29) is 5.56 Å². The molecule has 1 aliphatic rings. The van der Waals surface area contributed by atoms with E-state index < -0.39 is 23.8 Å². The van der Waals surface area contributed by atoms with Crippen molar-refractivity contribution >= 4 is 17.7 Å².